The van der Waals surface area contributed by atoms with Crippen molar-refractivity contribution < 1.29 is 27.1 Å². The molecule has 0 radical (unpaired) electrons. The van der Waals surface area contributed by atoms with E-state index in [9.17, 15) is 22.8 Å². The lowest BCUT2D eigenvalue weighted by molar-refractivity contribution is -0.152. The van der Waals surface area contributed by atoms with E-state index < -0.39 is 28.9 Å². The highest BCUT2D eigenvalue weighted by molar-refractivity contribution is 6.33. The highest BCUT2D eigenvalue weighted by atomic mass is 35.5. The van der Waals surface area contributed by atoms with E-state index in [1.54, 1.807) is 19.9 Å². The maximum atomic E-state index is 13.9. The fourth-order valence-electron chi connectivity index (χ4n) is 4.01. The van der Waals surface area contributed by atoms with Gasteiger partial charge in [0.1, 0.15) is 11.3 Å². The Balaban J connectivity index is 1.84. The average Bonchev–Trinajstić information content (AvgIpc) is 2.73. The number of hydrogen-bond acceptors (Lipinski definition) is 4. The molecule has 0 saturated heterocycles. The van der Waals surface area contributed by atoms with Crippen LogP contribution in [0.5, 0.6) is 5.75 Å². The molecule has 4 nitrogen and oxygen atoms in total. The number of esters is 1. The molecule has 0 aliphatic rings. The largest absolute Gasteiger partial charge is 0.450 e. The van der Waals surface area contributed by atoms with Gasteiger partial charge in [-0.25, -0.2) is 4.79 Å². The number of aryl methyl sites for hydroxylation is 3. The molecular formula is C26H18ClF3O4. The van der Waals surface area contributed by atoms with Gasteiger partial charge < -0.3 is 9.15 Å². The summed E-state index contributed by atoms with van der Waals surface area (Å²) in [7, 11) is 0. The maximum Gasteiger partial charge on any atom is 0.450 e. The van der Waals surface area contributed by atoms with Crippen LogP contribution in [-0.4, -0.2) is 5.97 Å². The molecular weight excluding hydrogens is 469 g/mol. The van der Waals surface area contributed by atoms with E-state index in [4.69, 9.17) is 20.8 Å². The van der Waals surface area contributed by atoms with Crippen molar-refractivity contribution in [1.29, 1.82) is 0 Å². The molecule has 0 saturated carbocycles. The van der Waals surface area contributed by atoms with Crippen LogP contribution < -0.4 is 10.2 Å². The average molecular weight is 487 g/mol. The van der Waals surface area contributed by atoms with Crippen molar-refractivity contribution >= 4 is 28.5 Å². The third kappa shape index (κ3) is 4.31. The highest BCUT2D eigenvalue weighted by Crippen LogP contribution is 2.39. The van der Waals surface area contributed by atoms with Crippen molar-refractivity contribution in [2.45, 2.75) is 26.9 Å². The Morgan fingerprint density at radius 2 is 1.62 bits per heavy atom. The molecule has 0 unspecified atom stereocenters. The molecule has 0 N–H and O–H groups in total. The Labute approximate surface area is 197 Å². The summed E-state index contributed by atoms with van der Waals surface area (Å²) in [5.74, 6) is -2.20. The maximum absolute atomic E-state index is 13.9. The molecule has 4 aromatic rings. The van der Waals surface area contributed by atoms with Crippen LogP contribution in [0.4, 0.5) is 13.2 Å². The van der Waals surface area contributed by atoms with Crippen LogP contribution in [0.3, 0.4) is 0 Å². The highest BCUT2D eigenvalue weighted by Gasteiger charge is 2.39. The monoisotopic (exact) mass is 486 g/mol. The van der Waals surface area contributed by atoms with Gasteiger partial charge in [0.25, 0.3) is 0 Å². The number of carbonyl (C=O) groups is 1. The number of ether oxygens (including phenoxy) is 1. The molecule has 0 atom stereocenters. The van der Waals surface area contributed by atoms with Crippen LogP contribution in [-0.2, 0) is 6.18 Å². The lowest BCUT2D eigenvalue weighted by Crippen LogP contribution is -2.16. The second-order valence-corrected chi connectivity index (χ2v) is 8.34. The van der Waals surface area contributed by atoms with Gasteiger partial charge in [-0.15, -0.1) is 0 Å². The summed E-state index contributed by atoms with van der Waals surface area (Å²) in [4.78, 5) is 25.9. The Hall–Kier alpha value is -3.58. The van der Waals surface area contributed by atoms with Crippen LogP contribution in [0.15, 0.2) is 63.8 Å². The number of benzene rings is 3. The summed E-state index contributed by atoms with van der Waals surface area (Å²) < 4.78 is 52.2. The van der Waals surface area contributed by atoms with Gasteiger partial charge in [-0.1, -0.05) is 47.5 Å². The molecule has 0 aliphatic heterocycles. The normalized spacial score (nSPS) is 11.6. The van der Waals surface area contributed by atoms with Crippen molar-refractivity contribution in [3.8, 4) is 16.9 Å². The van der Waals surface area contributed by atoms with Gasteiger partial charge in [0.15, 0.2) is 0 Å². The van der Waals surface area contributed by atoms with E-state index in [2.05, 4.69) is 0 Å². The first-order valence-electron chi connectivity index (χ1n) is 10.2. The van der Waals surface area contributed by atoms with Crippen LogP contribution in [0, 0.1) is 20.8 Å². The van der Waals surface area contributed by atoms with E-state index >= 15 is 0 Å². The molecule has 0 bridgehead atoms. The first-order valence-corrected chi connectivity index (χ1v) is 10.6. The molecule has 0 spiro atoms. The second kappa shape index (κ2) is 8.65. The first-order chi connectivity index (χ1) is 16.0. The molecule has 174 valence electrons. The quantitative estimate of drug-likeness (QED) is 0.225. The Bertz CT molecular complexity index is 1480. The van der Waals surface area contributed by atoms with Crippen molar-refractivity contribution in [2.24, 2.45) is 0 Å². The minimum absolute atomic E-state index is 0.0194. The predicted molar refractivity (Wildman–Crippen MR) is 124 cm³/mol. The number of fused-ring (bicyclic) bond motifs is 1. The second-order valence-electron chi connectivity index (χ2n) is 7.93. The fraction of sp³-hybridized carbons (Fsp3) is 0.154. The lowest BCUT2D eigenvalue weighted by atomic mass is 10.00. The van der Waals surface area contributed by atoms with Gasteiger partial charge in [-0.05, 0) is 50.1 Å². The fourth-order valence-corrected chi connectivity index (χ4v) is 4.24. The molecule has 1 aromatic heterocycles. The summed E-state index contributed by atoms with van der Waals surface area (Å²) in [5.41, 5.74) is 0.720. The number of carbonyl (C=O) groups excluding carboxylic acids is 1. The minimum Gasteiger partial charge on any atom is -0.450 e. The van der Waals surface area contributed by atoms with Gasteiger partial charge in [-0.3, -0.25) is 4.79 Å². The third-order valence-electron chi connectivity index (χ3n) is 5.36. The summed E-state index contributed by atoms with van der Waals surface area (Å²) in [6.45, 7) is 5.43. The predicted octanol–water partition coefficient (Wildman–Crippen LogP) is 7.28. The SMILES string of the molecule is Cc1cc(C)c(C(=O)Oc2ccc3c(=O)c(-c4ccccc4Cl)c(C(F)(F)F)oc3c2)c(C)c1. The molecule has 0 aliphatic carbocycles. The van der Waals surface area contributed by atoms with Crippen LogP contribution >= 0.6 is 11.6 Å². The standard InChI is InChI=1S/C26H18ClF3O4/c1-13-10-14(2)21(15(3)11-13)25(32)33-16-8-9-18-20(12-16)34-24(26(28,29)30)22(23(18)31)17-6-4-5-7-19(17)27/h4-12H,1-3H3. The van der Waals surface area contributed by atoms with E-state index in [-0.39, 0.29) is 27.3 Å². The molecule has 0 fully saturated rings. The Morgan fingerprint density at radius 1 is 0.971 bits per heavy atom. The zero-order chi connectivity index (χ0) is 24.8. The van der Waals surface area contributed by atoms with Gasteiger partial charge in [-0.2, -0.15) is 13.2 Å². The smallest absolute Gasteiger partial charge is 0.450 e. The van der Waals surface area contributed by atoms with Crippen molar-refractivity contribution in [2.75, 3.05) is 0 Å². The molecule has 34 heavy (non-hydrogen) atoms. The third-order valence-corrected chi connectivity index (χ3v) is 5.69. The Kier molecular flexibility index (Phi) is 6.00. The van der Waals surface area contributed by atoms with E-state index in [1.165, 1.54) is 30.3 Å². The van der Waals surface area contributed by atoms with Crippen molar-refractivity contribution in [3.05, 3.63) is 97.9 Å². The molecule has 1 heterocycles. The van der Waals surface area contributed by atoms with Gasteiger partial charge in [0.05, 0.1) is 16.5 Å². The number of halogens is 4. The first kappa shape index (κ1) is 23.6. The zero-order valence-electron chi connectivity index (χ0n) is 18.3. The number of hydrogen-bond donors (Lipinski definition) is 0. The van der Waals surface area contributed by atoms with E-state index in [1.807, 2.05) is 19.1 Å². The number of alkyl halides is 3. The van der Waals surface area contributed by atoms with Gasteiger partial charge in [0.2, 0.25) is 11.2 Å². The molecule has 8 heteroatoms. The summed E-state index contributed by atoms with van der Waals surface area (Å²) in [6.07, 6.45) is -4.97. The molecule has 0 amide bonds. The summed E-state index contributed by atoms with van der Waals surface area (Å²) >= 11 is 6.07. The van der Waals surface area contributed by atoms with Crippen LogP contribution in [0.2, 0.25) is 5.02 Å². The summed E-state index contributed by atoms with van der Waals surface area (Å²) in [6, 6.07) is 13.1. The van der Waals surface area contributed by atoms with Crippen LogP contribution in [0.1, 0.15) is 32.8 Å². The minimum atomic E-state index is -4.97. The van der Waals surface area contributed by atoms with Crippen molar-refractivity contribution in [1.82, 2.24) is 0 Å². The number of rotatable bonds is 3. The van der Waals surface area contributed by atoms with E-state index in [0.29, 0.717) is 16.7 Å². The molecule has 3 aromatic carbocycles. The topological polar surface area (TPSA) is 56.5 Å². The van der Waals surface area contributed by atoms with Crippen LogP contribution in [0.25, 0.3) is 22.1 Å². The van der Waals surface area contributed by atoms with Gasteiger partial charge in [0, 0.05) is 16.7 Å². The van der Waals surface area contributed by atoms with E-state index in [0.717, 1.165) is 11.6 Å². The summed E-state index contributed by atoms with van der Waals surface area (Å²) in [5, 5.41) is -0.126. The Morgan fingerprint density at radius 3 is 2.24 bits per heavy atom. The lowest BCUT2D eigenvalue weighted by Gasteiger charge is -2.14. The zero-order valence-corrected chi connectivity index (χ0v) is 19.1. The van der Waals surface area contributed by atoms with Crippen molar-refractivity contribution in [3.63, 3.8) is 0 Å². The van der Waals surface area contributed by atoms with Gasteiger partial charge >= 0.3 is 12.1 Å². The molecule has 4 rings (SSSR count).